The van der Waals surface area contributed by atoms with E-state index in [-0.39, 0.29) is 17.0 Å². The van der Waals surface area contributed by atoms with Crippen LogP contribution in [0.5, 0.6) is 0 Å². The fraction of sp³-hybridized carbons (Fsp3) is 0.556. The molecule has 6 heteroatoms. The van der Waals surface area contributed by atoms with E-state index in [1.54, 1.807) is 0 Å². The minimum atomic E-state index is -1.49. The first-order valence-electron chi connectivity index (χ1n) is 8.29. The summed E-state index contributed by atoms with van der Waals surface area (Å²) < 4.78 is 19.2. The van der Waals surface area contributed by atoms with Gasteiger partial charge >= 0.3 is 11.9 Å². The monoisotopic (exact) mass is 354 g/mol. The predicted octanol–water partition coefficient (Wildman–Crippen LogP) is 3.99. The highest BCUT2D eigenvalue weighted by molar-refractivity contribution is 6.31. The predicted molar refractivity (Wildman–Crippen MR) is 86.3 cm³/mol. The van der Waals surface area contributed by atoms with Gasteiger partial charge in [-0.2, -0.15) is 0 Å². The van der Waals surface area contributed by atoms with Crippen LogP contribution in [0.2, 0.25) is 5.02 Å². The number of aliphatic carboxylic acids is 1. The number of hydrogen-bond acceptors (Lipinski definition) is 3. The lowest BCUT2D eigenvalue weighted by atomic mass is 9.73. The van der Waals surface area contributed by atoms with Gasteiger partial charge in [-0.15, -0.1) is 0 Å². The second kappa shape index (κ2) is 6.71. The summed E-state index contributed by atoms with van der Waals surface area (Å²) in [5, 5.41) is 9.79. The van der Waals surface area contributed by atoms with Crippen LogP contribution >= 0.6 is 11.6 Å². The molecule has 0 bridgehead atoms. The van der Waals surface area contributed by atoms with Crippen molar-refractivity contribution in [1.29, 1.82) is 0 Å². The average molecular weight is 355 g/mol. The van der Waals surface area contributed by atoms with Crippen molar-refractivity contribution in [3.05, 3.63) is 34.6 Å². The molecule has 0 aliphatic heterocycles. The Hall–Kier alpha value is -1.62. The van der Waals surface area contributed by atoms with Crippen LogP contribution in [0.15, 0.2) is 18.2 Å². The van der Waals surface area contributed by atoms with Crippen molar-refractivity contribution in [2.45, 2.75) is 50.5 Å². The summed E-state index contributed by atoms with van der Waals surface area (Å²) in [5.41, 5.74) is -1.44. The molecule has 0 radical (unpaired) electrons. The van der Waals surface area contributed by atoms with E-state index in [0.29, 0.717) is 24.7 Å². The van der Waals surface area contributed by atoms with Gasteiger partial charge in [-0.25, -0.2) is 9.18 Å². The highest BCUT2D eigenvalue weighted by atomic mass is 35.5. The quantitative estimate of drug-likeness (QED) is 0.830. The third kappa shape index (κ3) is 3.27. The summed E-state index contributed by atoms with van der Waals surface area (Å²) in [4.78, 5) is 24.1. The number of rotatable bonds is 4. The molecule has 3 atom stereocenters. The van der Waals surface area contributed by atoms with Crippen LogP contribution in [0.1, 0.15) is 44.1 Å². The minimum absolute atomic E-state index is 0.0410. The third-order valence-electron chi connectivity index (χ3n) is 5.41. The number of carboxylic acid groups (broad SMARTS) is 1. The van der Waals surface area contributed by atoms with Gasteiger partial charge in [0.1, 0.15) is 5.82 Å². The van der Waals surface area contributed by atoms with Crippen molar-refractivity contribution in [2.75, 3.05) is 0 Å². The molecule has 1 aromatic carbocycles. The molecule has 130 valence electrons. The molecule has 2 aliphatic rings. The summed E-state index contributed by atoms with van der Waals surface area (Å²) in [7, 11) is 0. The first-order chi connectivity index (χ1) is 11.4. The number of ether oxygens (including phenoxy) is 1. The molecule has 0 aromatic heterocycles. The van der Waals surface area contributed by atoms with Gasteiger partial charge in [0.05, 0.1) is 6.42 Å². The molecule has 1 N–H and O–H groups in total. The molecule has 0 amide bonds. The molecule has 3 unspecified atom stereocenters. The molecule has 24 heavy (non-hydrogen) atoms. The van der Waals surface area contributed by atoms with Crippen LogP contribution in [0.25, 0.3) is 0 Å². The van der Waals surface area contributed by atoms with Gasteiger partial charge in [0.25, 0.3) is 0 Å². The lowest BCUT2D eigenvalue weighted by Gasteiger charge is -2.38. The molecular weight excluding hydrogens is 335 g/mol. The third-order valence-corrected chi connectivity index (χ3v) is 5.76. The Bertz CT molecular complexity index is 642. The molecule has 1 aromatic rings. The highest BCUT2D eigenvalue weighted by Crippen LogP contribution is 2.47. The van der Waals surface area contributed by atoms with Crippen LogP contribution in [-0.4, -0.2) is 22.6 Å². The summed E-state index contributed by atoms with van der Waals surface area (Å²) in [6, 6.07) is 4.15. The number of benzene rings is 1. The second-order valence-corrected chi connectivity index (χ2v) is 7.25. The van der Waals surface area contributed by atoms with Crippen LogP contribution in [-0.2, 0) is 20.7 Å². The Labute approximate surface area is 144 Å². The lowest BCUT2D eigenvalue weighted by molar-refractivity contribution is -0.185. The number of carbonyl (C=O) groups excluding carboxylic acids is 1. The smallest absolute Gasteiger partial charge is 0.348 e. The normalized spacial score (nSPS) is 29.1. The van der Waals surface area contributed by atoms with Gasteiger partial charge in [0.15, 0.2) is 0 Å². The van der Waals surface area contributed by atoms with Gasteiger partial charge in [-0.05, 0) is 36.8 Å². The van der Waals surface area contributed by atoms with Crippen molar-refractivity contribution in [3.8, 4) is 0 Å². The van der Waals surface area contributed by atoms with E-state index in [2.05, 4.69) is 0 Å². The molecule has 4 nitrogen and oxygen atoms in total. The number of carboxylic acids is 1. The zero-order valence-electron chi connectivity index (χ0n) is 13.3. The fourth-order valence-electron chi connectivity index (χ4n) is 4.14. The molecule has 0 saturated heterocycles. The molecular formula is C18H20ClFO4. The average Bonchev–Trinajstić information content (AvgIpc) is 2.98. The van der Waals surface area contributed by atoms with Gasteiger partial charge in [0, 0.05) is 17.0 Å². The zero-order chi connectivity index (χ0) is 17.3. The number of esters is 1. The second-order valence-electron chi connectivity index (χ2n) is 6.84. The van der Waals surface area contributed by atoms with Crippen molar-refractivity contribution >= 4 is 23.5 Å². The van der Waals surface area contributed by atoms with Crippen molar-refractivity contribution < 1.29 is 23.8 Å². The Morgan fingerprint density at radius 1 is 1.29 bits per heavy atom. The Balaban J connectivity index is 1.74. The van der Waals surface area contributed by atoms with Gasteiger partial charge in [-0.1, -0.05) is 36.9 Å². The van der Waals surface area contributed by atoms with Gasteiger partial charge in [0.2, 0.25) is 5.60 Å². The molecule has 2 fully saturated rings. The van der Waals surface area contributed by atoms with E-state index in [9.17, 15) is 19.1 Å². The maximum absolute atomic E-state index is 13.8. The molecule has 0 heterocycles. The van der Waals surface area contributed by atoms with Gasteiger partial charge in [-0.3, -0.25) is 4.79 Å². The number of fused-ring (bicyclic) bond motifs is 1. The van der Waals surface area contributed by atoms with Crippen LogP contribution in [0.4, 0.5) is 4.39 Å². The topological polar surface area (TPSA) is 63.6 Å². The summed E-state index contributed by atoms with van der Waals surface area (Å²) in [6.07, 6.45) is 4.27. The van der Waals surface area contributed by atoms with Crippen LogP contribution < -0.4 is 0 Å². The van der Waals surface area contributed by atoms with Crippen molar-refractivity contribution in [2.24, 2.45) is 11.8 Å². The van der Waals surface area contributed by atoms with Crippen LogP contribution in [0.3, 0.4) is 0 Å². The Morgan fingerprint density at radius 3 is 2.75 bits per heavy atom. The standard InChI is InChI=1S/C18H20ClFO4/c19-14-5-2-6-15(20)13(14)9-16(21)24-18(17(22)23)8-7-11-3-1-4-12(11)10-18/h2,5-6,11-12H,1,3-4,7-10H2,(H,22,23). The van der Waals surface area contributed by atoms with Crippen LogP contribution in [0, 0.1) is 17.7 Å². The Morgan fingerprint density at radius 2 is 2.04 bits per heavy atom. The van der Waals surface area contributed by atoms with E-state index in [1.807, 2.05) is 0 Å². The highest BCUT2D eigenvalue weighted by Gasteiger charge is 2.50. The van der Waals surface area contributed by atoms with E-state index < -0.39 is 23.4 Å². The molecule has 3 rings (SSSR count). The maximum Gasteiger partial charge on any atom is 0.348 e. The van der Waals surface area contributed by atoms with E-state index >= 15 is 0 Å². The summed E-state index contributed by atoms with van der Waals surface area (Å²) >= 11 is 5.92. The lowest BCUT2D eigenvalue weighted by Crippen LogP contribution is -2.48. The Kier molecular flexibility index (Phi) is 4.81. The zero-order valence-corrected chi connectivity index (χ0v) is 14.0. The fourth-order valence-corrected chi connectivity index (χ4v) is 4.37. The molecule has 0 spiro atoms. The largest absolute Gasteiger partial charge is 0.478 e. The minimum Gasteiger partial charge on any atom is -0.478 e. The first-order valence-corrected chi connectivity index (χ1v) is 8.67. The molecule has 2 saturated carbocycles. The van der Waals surface area contributed by atoms with E-state index in [4.69, 9.17) is 16.3 Å². The van der Waals surface area contributed by atoms with Crippen molar-refractivity contribution in [1.82, 2.24) is 0 Å². The molecule has 2 aliphatic carbocycles. The first kappa shape index (κ1) is 17.2. The van der Waals surface area contributed by atoms with E-state index in [1.165, 1.54) is 18.2 Å². The summed E-state index contributed by atoms with van der Waals surface area (Å²) in [6.45, 7) is 0. The number of halogens is 2. The number of hydrogen-bond donors (Lipinski definition) is 1. The number of carbonyl (C=O) groups is 2. The van der Waals surface area contributed by atoms with Crippen molar-refractivity contribution in [3.63, 3.8) is 0 Å². The summed E-state index contributed by atoms with van der Waals surface area (Å²) in [5.74, 6) is -1.62. The van der Waals surface area contributed by atoms with Gasteiger partial charge < -0.3 is 9.84 Å². The SMILES string of the molecule is O=C(Cc1c(F)cccc1Cl)OC1(C(=O)O)CCC2CCCC2C1. The van der Waals surface area contributed by atoms with E-state index in [0.717, 1.165) is 25.7 Å². The maximum atomic E-state index is 13.8.